The maximum absolute atomic E-state index is 13.1. The van der Waals surface area contributed by atoms with Gasteiger partial charge in [0, 0.05) is 31.3 Å². The first-order valence-electron chi connectivity index (χ1n) is 9.66. The number of methoxy groups -OCH3 is 2. The van der Waals surface area contributed by atoms with Crippen molar-refractivity contribution in [3.8, 4) is 22.8 Å². The zero-order valence-corrected chi connectivity index (χ0v) is 16.8. The van der Waals surface area contributed by atoms with Gasteiger partial charge in [-0.3, -0.25) is 9.89 Å². The van der Waals surface area contributed by atoms with Crippen LogP contribution >= 0.6 is 0 Å². The molecule has 0 unspecified atom stereocenters. The molecule has 1 aromatic heterocycles. The van der Waals surface area contributed by atoms with Gasteiger partial charge in [-0.15, -0.1) is 0 Å². The Bertz CT molecular complexity index is 1040. The van der Waals surface area contributed by atoms with E-state index in [1.54, 1.807) is 37.4 Å². The van der Waals surface area contributed by atoms with E-state index in [9.17, 15) is 9.18 Å². The zero-order chi connectivity index (χ0) is 21.1. The van der Waals surface area contributed by atoms with Crippen LogP contribution in [0.3, 0.4) is 0 Å². The van der Waals surface area contributed by atoms with Crippen LogP contribution in [0, 0.1) is 5.82 Å². The summed E-state index contributed by atoms with van der Waals surface area (Å²) < 4.78 is 23.6. The number of carbonyl (C=O) groups excluding carboxylic acids is 1. The van der Waals surface area contributed by atoms with Gasteiger partial charge >= 0.3 is 0 Å². The number of ether oxygens (including phenoxy) is 2. The van der Waals surface area contributed by atoms with Crippen LogP contribution < -0.4 is 19.7 Å². The summed E-state index contributed by atoms with van der Waals surface area (Å²) in [4.78, 5) is 14.8. The molecule has 0 radical (unpaired) electrons. The highest BCUT2D eigenvalue weighted by molar-refractivity contribution is 5.97. The van der Waals surface area contributed by atoms with E-state index in [2.05, 4.69) is 20.4 Å². The Morgan fingerprint density at radius 2 is 1.97 bits per heavy atom. The van der Waals surface area contributed by atoms with Gasteiger partial charge in [-0.05, 0) is 48.4 Å². The molecular weight excluding hydrogens is 387 g/mol. The van der Waals surface area contributed by atoms with E-state index >= 15 is 0 Å². The first-order valence-corrected chi connectivity index (χ1v) is 9.66. The fourth-order valence-electron chi connectivity index (χ4n) is 3.59. The van der Waals surface area contributed by atoms with Gasteiger partial charge in [0.2, 0.25) is 0 Å². The van der Waals surface area contributed by atoms with E-state index in [0.717, 1.165) is 30.0 Å². The largest absolute Gasteiger partial charge is 0.497 e. The van der Waals surface area contributed by atoms with Gasteiger partial charge in [0.05, 0.1) is 25.5 Å². The van der Waals surface area contributed by atoms with E-state index < -0.39 is 0 Å². The van der Waals surface area contributed by atoms with Gasteiger partial charge in [-0.2, -0.15) is 5.10 Å². The molecule has 1 amide bonds. The Kier molecular flexibility index (Phi) is 5.56. The molecule has 30 heavy (non-hydrogen) atoms. The molecular formula is C22H23FN4O3. The highest BCUT2D eigenvalue weighted by Crippen LogP contribution is 2.27. The third kappa shape index (κ3) is 4.07. The highest BCUT2D eigenvalue weighted by Gasteiger charge is 2.27. The number of halogens is 1. The average molecular weight is 410 g/mol. The molecule has 4 rings (SSSR count). The molecule has 3 aromatic rings. The number of benzene rings is 2. The van der Waals surface area contributed by atoms with Crippen LogP contribution in [-0.4, -0.2) is 49.5 Å². The Morgan fingerprint density at radius 1 is 1.17 bits per heavy atom. The first kappa shape index (κ1) is 19.8. The number of hydrogen-bond acceptors (Lipinski definition) is 5. The molecule has 1 atom stereocenters. The molecule has 0 spiro atoms. The maximum Gasteiger partial charge on any atom is 0.255 e. The van der Waals surface area contributed by atoms with Gasteiger partial charge < -0.3 is 19.7 Å². The van der Waals surface area contributed by atoms with Gasteiger partial charge in [0.15, 0.2) is 5.82 Å². The second-order valence-electron chi connectivity index (χ2n) is 7.12. The predicted molar refractivity (Wildman–Crippen MR) is 112 cm³/mol. The standard InChI is InChI=1S/C22H23FN4O3/c1-29-17-7-8-18(20(11-17)30-2)22(28)24-16-9-10-27(13-16)21-12-19(25-26-21)14-3-5-15(23)6-4-14/h3-8,11-12,16H,9-10,13H2,1-2H3,(H,24,28)(H,25,26)/t16-/m0/s1. The number of rotatable bonds is 6. The van der Waals surface area contributed by atoms with E-state index in [0.29, 0.717) is 23.6 Å². The van der Waals surface area contributed by atoms with Crippen molar-refractivity contribution in [2.45, 2.75) is 12.5 Å². The molecule has 1 saturated heterocycles. The third-order valence-electron chi connectivity index (χ3n) is 5.22. The van der Waals surface area contributed by atoms with Gasteiger partial charge in [0.1, 0.15) is 17.3 Å². The van der Waals surface area contributed by atoms with E-state index in [4.69, 9.17) is 9.47 Å². The predicted octanol–water partition coefficient (Wildman–Crippen LogP) is 3.24. The minimum Gasteiger partial charge on any atom is -0.497 e. The SMILES string of the molecule is COc1ccc(C(=O)N[C@H]2CCN(c3cc(-c4ccc(F)cc4)[nH]n3)C2)c(OC)c1. The molecule has 1 aliphatic rings. The molecule has 156 valence electrons. The van der Waals surface area contributed by atoms with Crippen LogP contribution in [0.4, 0.5) is 10.2 Å². The Labute approximate surface area is 173 Å². The summed E-state index contributed by atoms with van der Waals surface area (Å²) in [5, 5.41) is 10.4. The number of hydrogen-bond donors (Lipinski definition) is 2. The number of carbonyl (C=O) groups is 1. The molecule has 1 fully saturated rings. The van der Waals surface area contributed by atoms with Crippen molar-refractivity contribution in [1.82, 2.24) is 15.5 Å². The van der Waals surface area contributed by atoms with Gasteiger partial charge in [-0.1, -0.05) is 0 Å². The Balaban J connectivity index is 1.40. The molecule has 0 aliphatic carbocycles. The minimum absolute atomic E-state index is 0.00437. The summed E-state index contributed by atoms with van der Waals surface area (Å²) in [6.45, 7) is 1.43. The number of amides is 1. The molecule has 7 nitrogen and oxygen atoms in total. The topological polar surface area (TPSA) is 79.5 Å². The second kappa shape index (κ2) is 8.44. The lowest BCUT2D eigenvalue weighted by Gasteiger charge is -2.17. The fraction of sp³-hybridized carbons (Fsp3) is 0.273. The quantitative estimate of drug-likeness (QED) is 0.652. The molecule has 1 aliphatic heterocycles. The zero-order valence-electron chi connectivity index (χ0n) is 16.8. The van der Waals surface area contributed by atoms with Gasteiger partial charge in [-0.25, -0.2) is 4.39 Å². The van der Waals surface area contributed by atoms with E-state index in [1.807, 2.05) is 6.07 Å². The number of nitrogens with one attached hydrogen (secondary N) is 2. The van der Waals surface area contributed by atoms with Crippen molar-refractivity contribution in [1.29, 1.82) is 0 Å². The summed E-state index contributed by atoms with van der Waals surface area (Å²) in [5.41, 5.74) is 2.15. The monoisotopic (exact) mass is 410 g/mol. The number of anilines is 1. The van der Waals surface area contributed by atoms with Crippen LogP contribution in [0.15, 0.2) is 48.5 Å². The van der Waals surface area contributed by atoms with Crippen LogP contribution in [0.5, 0.6) is 11.5 Å². The van der Waals surface area contributed by atoms with Crippen LogP contribution in [0.2, 0.25) is 0 Å². The number of H-pyrrole nitrogens is 1. The second-order valence-corrected chi connectivity index (χ2v) is 7.12. The number of aromatic nitrogens is 2. The number of nitrogens with zero attached hydrogens (tertiary/aromatic N) is 2. The van der Waals surface area contributed by atoms with Crippen LogP contribution in [-0.2, 0) is 0 Å². The lowest BCUT2D eigenvalue weighted by atomic mass is 10.1. The average Bonchev–Trinajstić information content (AvgIpc) is 3.43. The summed E-state index contributed by atoms with van der Waals surface area (Å²) in [5.74, 6) is 1.44. The molecule has 2 aromatic carbocycles. The Hall–Kier alpha value is -3.55. The van der Waals surface area contributed by atoms with Crippen molar-refractivity contribution in [3.63, 3.8) is 0 Å². The molecule has 0 saturated carbocycles. The summed E-state index contributed by atoms with van der Waals surface area (Å²) in [6, 6.07) is 13.3. The molecule has 8 heteroatoms. The van der Waals surface area contributed by atoms with Gasteiger partial charge in [0.25, 0.3) is 5.91 Å². The molecule has 0 bridgehead atoms. The van der Waals surface area contributed by atoms with Crippen molar-refractivity contribution < 1.29 is 18.7 Å². The molecule has 2 N–H and O–H groups in total. The van der Waals surface area contributed by atoms with E-state index in [1.165, 1.54) is 19.2 Å². The maximum atomic E-state index is 13.1. The normalized spacial score (nSPS) is 15.8. The number of aromatic amines is 1. The van der Waals surface area contributed by atoms with Crippen molar-refractivity contribution in [2.24, 2.45) is 0 Å². The summed E-state index contributed by atoms with van der Waals surface area (Å²) in [7, 11) is 3.09. The summed E-state index contributed by atoms with van der Waals surface area (Å²) >= 11 is 0. The first-order chi connectivity index (χ1) is 14.6. The summed E-state index contributed by atoms with van der Waals surface area (Å²) in [6.07, 6.45) is 0.808. The smallest absolute Gasteiger partial charge is 0.255 e. The highest BCUT2D eigenvalue weighted by atomic mass is 19.1. The van der Waals surface area contributed by atoms with Crippen molar-refractivity contribution in [3.05, 3.63) is 59.9 Å². The molecule has 2 heterocycles. The lowest BCUT2D eigenvalue weighted by molar-refractivity contribution is 0.0937. The minimum atomic E-state index is -0.273. The van der Waals surface area contributed by atoms with Crippen molar-refractivity contribution in [2.75, 3.05) is 32.2 Å². The van der Waals surface area contributed by atoms with E-state index in [-0.39, 0.29) is 17.8 Å². The van der Waals surface area contributed by atoms with Crippen molar-refractivity contribution >= 4 is 11.7 Å². The van der Waals surface area contributed by atoms with Crippen LogP contribution in [0.25, 0.3) is 11.3 Å². The van der Waals surface area contributed by atoms with Crippen LogP contribution in [0.1, 0.15) is 16.8 Å². The fourth-order valence-corrected chi connectivity index (χ4v) is 3.59. The lowest BCUT2D eigenvalue weighted by Crippen LogP contribution is -2.37. The Morgan fingerprint density at radius 3 is 2.70 bits per heavy atom. The third-order valence-corrected chi connectivity index (χ3v) is 5.22.